The van der Waals surface area contributed by atoms with Gasteiger partial charge in [-0.05, 0) is 43.2 Å². The SMILES string of the molecule is COc1ccc(C(=O)CSc2nnc(COc3c(C)cccc3C)n2C)cc1OC. The van der Waals surface area contributed by atoms with Crippen molar-refractivity contribution in [2.75, 3.05) is 20.0 Å². The number of hydrogen-bond acceptors (Lipinski definition) is 7. The summed E-state index contributed by atoms with van der Waals surface area (Å²) in [5.41, 5.74) is 2.71. The first kappa shape index (κ1) is 21.7. The fourth-order valence-electron chi connectivity index (χ4n) is 2.98. The van der Waals surface area contributed by atoms with Gasteiger partial charge in [-0.15, -0.1) is 10.2 Å². The van der Waals surface area contributed by atoms with Crippen molar-refractivity contribution in [3.8, 4) is 17.2 Å². The second kappa shape index (κ2) is 9.67. The number of rotatable bonds is 9. The Bertz CT molecular complexity index is 1030. The number of carbonyl (C=O) groups is 1. The first-order valence-corrected chi connectivity index (χ1v) is 10.4. The van der Waals surface area contributed by atoms with Gasteiger partial charge in [0, 0.05) is 12.6 Å². The van der Waals surface area contributed by atoms with Gasteiger partial charge in [0.05, 0.1) is 20.0 Å². The molecule has 0 atom stereocenters. The summed E-state index contributed by atoms with van der Waals surface area (Å²) in [5, 5.41) is 9.07. The second-order valence-corrected chi connectivity index (χ2v) is 7.69. The lowest BCUT2D eigenvalue weighted by atomic mass is 10.1. The number of nitrogens with zero attached hydrogens (tertiary/aromatic N) is 3. The van der Waals surface area contributed by atoms with Crippen LogP contribution in [0, 0.1) is 13.8 Å². The summed E-state index contributed by atoms with van der Waals surface area (Å²) in [4.78, 5) is 12.6. The zero-order valence-corrected chi connectivity index (χ0v) is 18.6. The number of Topliss-reactive ketones (excluding diaryl/α,β-unsaturated/α-hetero) is 1. The minimum Gasteiger partial charge on any atom is -0.493 e. The normalized spacial score (nSPS) is 10.7. The van der Waals surface area contributed by atoms with Crippen LogP contribution in [0.1, 0.15) is 27.3 Å². The average Bonchev–Trinajstić information content (AvgIpc) is 3.10. The molecule has 0 saturated carbocycles. The van der Waals surface area contributed by atoms with Crippen LogP contribution >= 0.6 is 11.8 Å². The van der Waals surface area contributed by atoms with Crippen LogP contribution in [0.3, 0.4) is 0 Å². The number of para-hydroxylation sites is 1. The predicted octanol–water partition coefficient (Wildman–Crippen LogP) is 4.00. The Morgan fingerprint density at radius 1 is 1.03 bits per heavy atom. The van der Waals surface area contributed by atoms with Gasteiger partial charge in [0.25, 0.3) is 0 Å². The van der Waals surface area contributed by atoms with E-state index in [-0.39, 0.29) is 11.5 Å². The highest BCUT2D eigenvalue weighted by Gasteiger charge is 2.15. The predicted molar refractivity (Wildman–Crippen MR) is 116 cm³/mol. The third-order valence-corrected chi connectivity index (χ3v) is 5.74. The van der Waals surface area contributed by atoms with Crippen molar-refractivity contribution in [1.82, 2.24) is 14.8 Å². The van der Waals surface area contributed by atoms with E-state index >= 15 is 0 Å². The molecule has 0 fully saturated rings. The van der Waals surface area contributed by atoms with E-state index in [0.717, 1.165) is 16.9 Å². The van der Waals surface area contributed by atoms with Gasteiger partial charge in [-0.3, -0.25) is 4.79 Å². The summed E-state index contributed by atoms with van der Waals surface area (Å²) in [5.74, 6) is 2.87. The summed E-state index contributed by atoms with van der Waals surface area (Å²) in [6.45, 7) is 4.33. The highest BCUT2D eigenvalue weighted by atomic mass is 32.2. The highest BCUT2D eigenvalue weighted by molar-refractivity contribution is 7.99. The van der Waals surface area contributed by atoms with E-state index in [1.165, 1.54) is 11.8 Å². The molecule has 0 aliphatic rings. The monoisotopic (exact) mass is 427 g/mol. The molecule has 0 bridgehead atoms. The summed E-state index contributed by atoms with van der Waals surface area (Å²) in [6.07, 6.45) is 0. The van der Waals surface area contributed by atoms with Crippen molar-refractivity contribution in [2.45, 2.75) is 25.6 Å². The van der Waals surface area contributed by atoms with Crippen molar-refractivity contribution in [3.05, 3.63) is 58.9 Å². The number of ether oxygens (including phenoxy) is 3. The number of aryl methyl sites for hydroxylation is 2. The van der Waals surface area contributed by atoms with E-state index in [1.807, 2.05) is 43.7 Å². The fourth-order valence-corrected chi connectivity index (χ4v) is 3.81. The fraction of sp³-hybridized carbons (Fsp3) is 0.318. The Kier molecular flexibility index (Phi) is 6.99. The number of carbonyl (C=O) groups excluding carboxylic acids is 1. The molecule has 0 N–H and O–H groups in total. The van der Waals surface area contributed by atoms with Crippen LogP contribution in [0.25, 0.3) is 0 Å². The Hall–Kier alpha value is -3.00. The Labute approximate surface area is 180 Å². The van der Waals surface area contributed by atoms with Crippen LogP contribution in [0.2, 0.25) is 0 Å². The van der Waals surface area contributed by atoms with Crippen LogP contribution in [0.4, 0.5) is 0 Å². The smallest absolute Gasteiger partial charge is 0.191 e. The van der Waals surface area contributed by atoms with Gasteiger partial charge in [-0.25, -0.2) is 0 Å². The lowest BCUT2D eigenvalue weighted by Gasteiger charge is -2.11. The van der Waals surface area contributed by atoms with E-state index in [0.29, 0.717) is 34.7 Å². The minimum absolute atomic E-state index is 0.0303. The van der Waals surface area contributed by atoms with E-state index in [4.69, 9.17) is 14.2 Å². The first-order chi connectivity index (χ1) is 14.4. The molecule has 3 rings (SSSR count). The molecule has 8 heteroatoms. The van der Waals surface area contributed by atoms with E-state index in [2.05, 4.69) is 10.2 Å². The summed E-state index contributed by atoms with van der Waals surface area (Å²) in [7, 11) is 4.97. The number of hydrogen-bond donors (Lipinski definition) is 0. The molecule has 1 heterocycles. The molecule has 2 aromatic carbocycles. The Balaban J connectivity index is 1.63. The van der Waals surface area contributed by atoms with Crippen LogP contribution < -0.4 is 14.2 Å². The maximum atomic E-state index is 12.6. The second-order valence-electron chi connectivity index (χ2n) is 6.75. The Morgan fingerprint density at radius 2 is 1.73 bits per heavy atom. The Morgan fingerprint density at radius 3 is 2.40 bits per heavy atom. The number of aromatic nitrogens is 3. The molecule has 30 heavy (non-hydrogen) atoms. The third kappa shape index (κ3) is 4.76. The summed E-state index contributed by atoms with van der Waals surface area (Å²) >= 11 is 1.33. The van der Waals surface area contributed by atoms with Crippen molar-refractivity contribution >= 4 is 17.5 Å². The largest absolute Gasteiger partial charge is 0.493 e. The summed E-state index contributed by atoms with van der Waals surface area (Å²) in [6, 6.07) is 11.2. The van der Waals surface area contributed by atoms with E-state index in [1.54, 1.807) is 32.4 Å². The van der Waals surface area contributed by atoms with Gasteiger partial charge in [0.2, 0.25) is 0 Å². The van der Waals surface area contributed by atoms with Gasteiger partial charge >= 0.3 is 0 Å². The molecule has 0 amide bonds. The lowest BCUT2D eigenvalue weighted by Crippen LogP contribution is -2.07. The van der Waals surface area contributed by atoms with Crippen LogP contribution in [0.5, 0.6) is 17.2 Å². The molecule has 0 radical (unpaired) electrons. The summed E-state index contributed by atoms with van der Waals surface area (Å²) < 4.78 is 18.3. The van der Waals surface area contributed by atoms with Crippen molar-refractivity contribution < 1.29 is 19.0 Å². The molecule has 7 nitrogen and oxygen atoms in total. The maximum absolute atomic E-state index is 12.6. The molecular formula is C22H25N3O4S. The van der Waals surface area contributed by atoms with Gasteiger partial charge in [-0.2, -0.15) is 0 Å². The average molecular weight is 428 g/mol. The number of benzene rings is 2. The molecular weight excluding hydrogens is 402 g/mol. The van der Waals surface area contributed by atoms with Crippen molar-refractivity contribution in [2.24, 2.45) is 7.05 Å². The first-order valence-electron chi connectivity index (χ1n) is 9.40. The van der Waals surface area contributed by atoms with Crippen LogP contribution in [0.15, 0.2) is 41.6 Å². The van der Waals surface area contributed by atoms with Crippen molar-refractivity contribution in [3.63, 3.8) is 0 Å². The van der Waals surface area contributed by atoms with E-state index in [9.17, 15) is 4.79 Å². The van der Waals surface area contributed by atoms with Gasteiger partial charge in [0.15, 0.2) is 28.3 Å². The van der Waals surface area contributed by atoms with Gasteiger partial charge in [-0.1, -0.05) is 30.0 Å². The molecule has 1 aromatic heterocycles. The third-order valence-electron chi connectivity index (χ3n) is 4.72. The van der Waals surface area contributed by atoms with Crippen LogP contribution in [-0.2, 0) is 13.7 Å². The maximum Gasteiger partial charge on any atom is 0.191 e. The molecule has 0 aliphatic heterocycles. The molecule has 3 aromatic rings. The zero-order valence-electron chi connectivity index (χ0n) is 17.8. The number of ketones is 1. The van der Waals surface area contributed by atoms with E-state index < -0.39 is 0 Å². The quantitative estimate of drug-likeness (QED) is 0.377. The van der Waals surface area contributed by atoms with Gasteiger partial charge in [0.1, 0.15) is 12.4 Å². The topological polar surface area (TPSA) is 75.5 Å². The molecule has 0 spiro atoms. The minimum atomic E-state index is -0.0303. The number of methoxy groups -OCH3 is 2. The zero-order chi connectivity index (χ0) is 21.7. The van der Waals surface area contributed by atoms with Gasteiger partial charge < -0.3 is 18.8 Å². The molecule has 0 saturated heterocycles. The standard InChI is InChI=1S/C22H25N3O4S/c1-14-7-6-8-15(2)21(14)29-12-20-23-24-22(25(20)3)30-13-17(26)16-9-10-18(27-4)19(11-16)28-5/h6-11H,12-13H2,1-5H3. The molecule has 0 aliphatic carbocycles. The molecule has 158 valence electrons. The number of thioether (sulfide) groups is 1. The highest BCUT2D eigenvalue weighted by Crippen LogP contribution is 2.29. The lowest BCUT2D eigenvalue weighted by molar-refractivity contribution is 0.102. The van der Waals surface area contributed by atoms with Crippen molar-refractivity contribution in [1.29, 1.82) is 0 Å². The van der Waals surface area contributed by atoms with Crippen LogP contribution in [-0.4, -0.2) is 40.5 Å². The molecule has 0 unspecified atom stereocenters.